The van der Waals surface area contributed by atoms with Crippen LogP contribution in [0.1, 0.15) is 28.3 Å². The molecule has 1 unspecified atom stereocenters. The molecule has 0 N–H and O–H groups in total. The number of ether oxygens (including phenoxy) is 1. The van der Waals surface area contributed by atoms with Crippen LogP contribution in [0.3, 0.4) is 0 Å². The van der Waals surface area contributed by atoms with Gasteiger partial charge in [0.15, 0.2) is 6.10 Å². The standard InChI is InChI=1S/C10H13NOS/c1-4-12-10(6-11)9-5-7(2)13-8(9)3/h5,10H,4H2,1-3H3. The monoisotopic (exact) mass is 195 g/mol. The average Bonchev–Trinajstić information content (AvgIpc) is 2.41. The lowest BCUT2D eigenvalue weighted by molar-refractivity contribution is 0.102. The molecular weight excluding hydrogens is 182 g/mol. The third-order valence-corrected chi connectivity index (χ3v) is 2.79. The lowest BCUT2D eigenvalue weighted by Gasteiger charge is -2.07. The van der Waals surface area contributed by atoms with Crippen LogP contribution in [0.5, 0.6) is 0 Å². The van der Waals surface area contributed by atoms with Crippen molar-refractivity contribution in [3.8, 4) is 6.07 Å². The van der Waals surface area contributed by atoms with E-state index in [9.17, 15) is 0 Å². The molecule has 0 fully saturated rings. The molecule has 1 aromatic heterocycles. The summed E-state index contributed by atoms with van der Waals surface area (Å²) in [5.41, 5.74) is 1.02. The van der Waals surface area contributed by atoms with Gasteiger partial charge in [0.25, 0.3) is 0 Å². The Hall–Kier alpha value is -0.850. The molecule has 0 saturated carbocycles. The molecule has 0 spiro atoms. The van der Waals surface area contributed by atoms with Gasteiger partial charge in [-0.15, -0.1) is 11.3 Å². The van der Waals surface area contributed by atoms with E-state index in [4.69, 9.17) is 10.00 Å². The molecule has 3 heteroatoms. The maximum Gasteiger partial charge on any atom is 0.170 e. The van der Waals surface area contributed by atoms with Crippen molar-refractivity contribution in [2.45, 2.75) is 26.9 Å². The van der Waals surface area contributed by atoms with Crippen LogP contribution in [-0.2, 0) is 4.74 Å². The van der Waals surface area contributed by atoms with Crippen LogP contribution in [-0.4, -0.2) is 6.61 Å². The van der Waals surface area contributed by atoms with Crippen molar-refractivity contribution in [1.82, 2.24) is 0 Å². The molecule has 0 aliphatic rings. The second kappa shape index (κ2) is 4.40. The molecule has 0 saturated heterocycles. The molecule has 1 heterocycles. The first-order valence-corrected chi connectivity index (χ1v) is 5.08. The lowest BCUT2D eigenvalue weighted by atomic mass is 10.1. The molecular formula is C10H13NOS. The zero-order valence-corrected chi connectivity index (χ0v) is 8.94. The van der Waals surface area contributed by atoms with Crippen LogP contribution < -0.4 is 0 Å². The van der Waals surface area contributed by atoms with Crippen molar-refractivity contribution >= 4 is 11.3 Å². The minimum Gasteiger partial charge on any atom is -0.359 e. The number of hydrogen-bond acceptors (Lipinski definition) is 3. The van der Waals surface area contributed by atoms with Crippen molar-refractivity contribution in [2.24, 2.45) is 0 Å². The molecule has 0 amide bonds. The minimum atomic E-state index is -0.394. The lowest BCUT2D eigenvalue weighted by Crippen LogP contribution is -2.01. The predicted octanol–water partition coefficient (Wildman–Crippen LogP) is 2.97. The van der Waals surface area contributed by atoms with Crippen LogP contribution in [0, 0.1) is 25.2 Å². The summed E-state index contributed by atoms with van der Waals surface area (Å²) >= 11 is 1.71. The molecule has 2 nitrogen and oxygen atoms in total. The molecule has 13 heavy (non-hydrogen) atoms. The van der Waals surface area contributed by atoms with Crippen LogP contribution in [0.15, 0.2) is 6.07 Å². The number of aryl methyl sites for hydroxylation is 2. The zero-order valence-electron chi connectivity index (χ0n) is 8.13. The smallest absolute Gasteiger partial charge is 0.170 e. The first-order valence-electron chi connectivity index (χ1n) is 4.27. The van der Waals surface area contributed by atoms with Gasteiger partial charge in [-0.3, -0.25) is 0 Å². The fourth-order valence-corrected chi connectivity index (χ4v) is 2.23. The third kappa shape index (κ3) is 2.30. The largest absolute Gasteiger partial charge is 0.359 e. The Morgan fingerprint density at radius 2 is 2.31 bits per heavy atom. The fourth-order valence-electron chi connectivity index (χ4n) is 1.27. The van der Waals surface area contributed by atoms with Gasteiger partial charge in [-0.1, -0.05) is 0 Å². The first kappa shape index (κ1) is 10.2. The van der Waals surface area contributed by atoms with E-state index in [1.807, 2.05) is 26.8 Å². The van der Waals surface area contributed by atoms with Gasteiger partial charge in [0.05, 0.1) is 6.07 Å². The van der Waals surface area contributed by atoms with Gasteiger partial charge in [0.1, 0.15) is 0 Å². The Morgan fingerprint density at radius 3 is 2.69 bits per heavy atom. The number of thiophene rings is 1. The third-order valence-electron chi connectivity index (χ3n) is 1.81. The van der Waals surface area contributed by atoms with E-state index in [0.29, 0.717) is 6.61 Å². The maximum atomic E-state index is 8.87. The van der Waals surface area contributed by atoms with Gasteiger partial charge in [0.2, 0.25) is 0 Å². The van der Waals surface area contributed by atoms with Crippen LogP contribution in [0.4, 0.5) is 0 Å². The van der Waals surface area contributed by atoms with Gasteiger partial charge in [-0.2, -0.15) is 5.26 Å². The zero-order chi connectivity index (χ0) is 9.84. The second-order valence-corrected chi connectivity index (χ2v) is 4.29. The summed E-state index contributed by atoms with van der Waals surface area (Å²) in [5, 5.41) is 8.87. The minimum absolute atomic E-state index is 0.394. The molecule has 0 aromatic carbocycles. The van der Waals surface area contributed by atoms with Crippen molar-refractivity contribution in [1.29, 1.82) is 5.26 Å². The van der Waals surface area contributed by atoms with Crippen LogP contribution in [0.25, 0.3) is 0 Å². The molecule has 1 aromatic rings. The van der Waals surface area contributed by atoms with Gasteiger partial charge < -0.3 is 4.74 Å². The summed E-state index contributed by atoms with van der Waals surface area (Å²) in [6, 6.07) is 4.19. The van der Waals surface area contributed by atoms with Crippen molar-refractivity contribution in [2.75, 3.05) is 6.61 Å². The Bertz CT molecular complexity index is 324. The highest BCUT2D eigenvalue weighted by atomic mass is 32.1. The first-order chi connectivity index (χ1) is 6.19. The molecule has 1 atom stereocenters. The highest BCUT2D eigenvalue weighted by Gasteiger charge is 2.14. The molecule has 0 bridgehead atoms. The van der Waals surface area contributed by atoms with Crippen LogP contribution in [0.2, 0.25) is 0 Å². The van der Waals surface area contributed by atoms with Gasteiger partial charge >= 0.3 is 0 Å². The Labute approximate surface area is 82.8 Å². The van der Waals surface area contributed by atoms with Gasteiger partial charge in [0, 0.05) is 21.9 Å². The maximum absolute atomic E-state index is 8.87. The van der Waals surface area contributed by atoms with Gasteiger partial charge in [-0.05, 0) is 26.8 Å². The summed E-state index contributed by atoms with van der Waals surface area (Å²) in [6.07, 6.45) is -0.394. The van der Waals surface area contributed by atoms with Gasteiger partial charge in [-0.25, -0.2) is 0 Å². The number of nitriles is 1. The number of hydrogen-bond donors (Lipinski definition) is 0. The van der Waals surface area contributed by atoms with E-state index in [1.165, 1.54) is 9.75 Å². The average molecular weight is 195 g/mol. The quantitative estimate of drug-likeness (QED) is 0.742. The molecule has 1 rings (SSSR count). The summed E-state index contributed by atoms with van der Waals surface area (Å²) < 4.78 is 5.32. The summed E-state index contributed by atoms with van der Waals surface area (Å²) in [5.74, 6) is 0. The topological polar surface area (TPSA) is 33.0 Å². The van der Waals surface area contributed by atoms with Crippen molar-refractivity contribution in [3.05, 3.63) is 21.4 Å². The Kier molecular flexibility index (Phi) is 3.47. The number of nitrogens with zero attached hydrogens (tertiary/aromatic N) is 1. The SMILES string of the molecule is CCOC(C#N)c1cc(C)sc1C. The molecule has 0 aliphatic carbocycles. The van der Waals surface area contributed by atoms with E-state index in [0.717, 1.165) is 5.56 Å². The fraction of sp³-hybridized carbons (Fsp3) is 0.500. The summed E-state index contributed by atoms with van der Waals surface area (Å²) in [6.45, 7) is 6.55. The normalized spacial score (nSPS) is 12.5. The van der Waals surface area contributed by atoms with Crippen LogP contribution >= 0.6 is 11.3 Å². The van der Waals surface area contributed by atoms with E-state index in [-0.39, 0.29) is 0 Å². The number of rotatable bonds is 3. The molecule has 0 radical (unpaired) electrons. The van der Waals surface area contributed by atoms with E-state index in [1.54, 1.807) is 11.3 Å². The van der Waals surface area contributed by atoms with E-state index < -0.39 is 6.10 Å². The second-order valence-electron chi connectivity index (χ2n) is 2.83. The summed E-state index contributed by atoms with van der Waals surface area (Å²) in [7, 11) is 0. The molecule has 0 aliphatic heterocycles. The Balaban J connectivity index is 2.92. The predicted molar refractivity (Wildman–Crippen MR) is 53.8 cm³/mol. The highest BCUT2D eigenvalue weighted by Crippen LogP contribution is 2.27. The van der Waals surface area contributed by atoms with Crippen molar-refractivity contribution < 1.29 is 4.74 Å². The molecule has 70 valence electrons. The van der Waals surface area contributed by atoms with Crippen molar-refractivity contribution in [3.63, 3.8) is 0 Å². The van der Waals surface area contributed by atoms with E-state index >= 15 is 0 Å². The Morgan fingerprint density at radius 1 is 1.62 bits per heavy atom. The van der Waals surface area contributed by atoms with E-state index in [2.05, 4.69) is 6.07 Å². The summed E-state index contributed by atoms with van der Waals surface area (Å²) in [4.78, 5) is 2.41. The highest BCUT2D eigenvalue weighted by molar-refractivity contribution is 7.12.